The van der Waals surface area contributed by atoms with Gasteiger partial charge in [-0.1, -0.05) is 74.5 Å². The molecule has 23 N–H and O–H groups in total. The molecule has 0 radical (unpaired) electrons. The lowest BCUT2D eigenvalue weighted by atomic mass is 10.0. The number of nitrogens with zero attached hydrogens (tertiary/aromatic N) is 2. The Morgan fingerprint density at radius 1 is 0.594 bits per heavy atom. The second kappa shape index (κ2) is 40.6. The number of amides is 11. The molecule has 0 bridgehead atoms. The fourth-order valence-electron chi connectivity index (χ4n) is 11.0. The Bertz CT molecular complexity index is 3560. The molecule has 34 nitrogen and oxygen atoms in total. The summed E-state index contributed by atoms with van der Waals surface area (Å²) in [5.41, 5.74) is 25.4. The SMILES string of the molecule is CSCC[C@H](NC(=O)[C@H](CO)NC(=O)[C@@H]1CCCN1C(=O)[C@H](CO)NC(=O)[C@H](CCCN=C(N)N)NC(=O)[C@H](Cc1ccc(O)cc1)NC(=O)[C@@H](N)Cc1c[nH]c2ccccc12)C(=O)N[C@@H](Cc1ccccc1)C(=O)N[C@@H](CCC(=O)O)C(=O)N[C@@H](CC(N)=O)C(=O)N[C@@H](CC(C)C)C(=O)O. The molecular weight excluding hydrogens is 1340 g/mol. The number of carboxylic acid groups (broad SMARTS) is 2. The summed E-state index contributed by atoms with van der Waals surface area (Å²) < 4.78 is 0. The number of benzene rings is 3. The zero-order chi connectivity index (χ0) is 74.5. The summed E-state index contributed by atoms with van der Waals surface area (Å²) in [6.07, 6.45) is 0.845. The lowest BCUT2D eigenvalue weighted by molar-refractivity contribution is -0.143. The number of H-pyrrole nitrogens is 1. The maximum absolute atomic E-state index is 14.4. The molecule has 1 fully saturated rings. The van der Waals surface area contributed by atoms with Gasteiger partial charge in [-0.05, 0) is 104 Å². The fraction of sp³-hybridized carbons (Fsp3) is 0.485. The van der Waals surface area contributed by atoms with Crippen molar-refractivity contribution in [3.8, 4) is 5.75 Å². The van der Waals surface area contributed by atoms with Crippen LogP contribution in [0, 0.1) is 5.92 Å². The zero-order valence-corrected chi connectivity index (χ0v) is 57.0. The van der Waals surface area contributed by atoms with E-state index in [4.69, 9.17) is 22.9 Å². The van der Waals surface area contributed by atoms with Gasteiger partial charge in [0.2, 0.25) is 65.0 Å². The van der Waals surface area contributed by atoms with Crippen LogP contribution in [0.2, 0.25) is 0 Å². The first-order valence-corrected chi connectivity index (χ1v) is 34.1. The number of para-hydroxylation sites is 1. The van der Waals surface area contributed by atoms with Crippen LogP contribution in [0.25, 0.3) is 10.9 Å². The van der Waals surface area contributed by atoms with Crippen molar-refractivity contribution in [1.82, 2.24) is 57.7 Å². The van der Waals surface area contributed by atoms with Crippen molar-refractivity contribution < 1.29 is 87.9 Å². The van der Waals surface area contributed by atoms with Gasteiger partial charge < -0.3 is 106 Å². The number of aliphatic hydroxyl groups is 2. The van der Waals surface area contributed by atoms with Crippen LogP contribution in [0.15, 0.2) is 90.1 Å². The van der Waals surface area contributed by atoms with Crippen molar-refractivity contribution in [2.24, 2.45) is 33.8 Å². The molecule has 0 aliphatic carbocycles. The number of fused-ring (bicyclic) bond motifs is 1. The molecule has 5 rings (SSSR count). The number of carboxylic acids is 2. The summed E-state index contributed by atoms with van der Waals surface area (Å²) in [6.45, 7) is 1.18. The molecule has 2 heterocycles. The number of thioether (sulfide) groups is 1. The molecule has 3 aromatic carbocycles. The van der Waals surface area contributed by atoms with Crippen molar-refractivity contribution in [3.05, 3.63) is 102 Å². The highest BCUT2D eigenvalue weighted by Gasteiger charge is 2.41. The predicted octanol–water partition coefficient (Wildman–Crippen LogP) is -3.75. The lowest BCUT2D eigenvalue weighted by Gasteiger charge is -2.30. The minimum atomic E-state index is -1.79. The maximum Gasteiger partial charge on any atom is 0.326 e. The van der Waals surface area contributed by atoms with Crippen LogP contribution in [-0.2, 0) is 81.6 Å². The Balaban J connectivity index is 1.31. The molecule has 11 amide bonds. The van der Waals surface area contributed by atoms with E-state index in [0.29, 0.717) is 11.1 Å². The van der Waals surface area contributed by atoms with E-state index in [0.717, 1.165) is 21.4 Å². The van der Waals surface area contributed by atoms with Crippen LogP contribution in [0.5, 0.6) is 5.75 Å². The number of nitrogens with one attached hydrogen (secondary N) is 10. The molecule has 1 aliphatic rings. The van der Waals surface area contributed by atoms with Crippen molar-refractivity contribution >= 4 is 106 Å². The zero-order valence-electron chi connectivity index (χ0n) is 56.2. The summed E-state index contributed by atoms with van der Waals surface area (Å²) >= 11 is 1.26. The number of hydrogen-bond donors (Lipinski definition) is 19. The van der Waals surface area contributed by atoms with E-state index in [1.807, 2.05) is 24.3 Å². The Hall–Kier alpha value is -10.4. The third kappa shape index (κ3) is 26.3. The van der Waals surface area contributed by atoms with E-state index < -0.39 is 176 Å². The van der Waals surface area contributed by atoms with Crippen LogP contribution < -0.4 is 70.8 Å². The van der Waals surface area contributed by atoms with E-state index in [2.05, 4.69) is 57.8 Å². The third-order valence-electron chi connectivity index (χ3n) is 16.3. The minimum absolute atomic E-state index is 0.0100. The highest BCUT2D eigenvalue weighted by Crippen LogP contribution is 2.22. The number of phenols is 1. The molecule has 1 aromatic heterocycles. The van der Waals surface area contributed by atoms with Crippen LogP contribution in [0.4, 0.5) is 0 Å². The summed E-state index contributed by atoms with van der Waals surface area (Å²) in [5.74, 6) is -14.2. The third-order valence-corrected chi connectivity index (χ3v) is 16.9. The average Bonchev–Trinajstić information content (AvgIpc) is 1.75. The second-order valence-electron chi connectivity index (χ2n) is 24.6. The highest BCUT2D eigenvalue weighted by atomic mass is 32.2. The Labute approximate surface area is 585 Å². The second-order valence-corrected chi connectivity index (χ2v) is 25.6. The molecule has 4 aromatic rings. The summed E-state index contributed by atoms with van der Waals surface area (Å²) in [4.78, 5) is 185. The summed E-state index contributed by atoms with van der Waals surface area (Å²) in [5, 5.41) is 73.6. The molecule has 11 atom stereocenters. The molecular formula is C66H92N16O18S. The number of guanidine groups is 1. The number of aliphatic hydroxyl groups excluding tert-OH is 2. The number of aliphatic carboxylic acids is 2. The number of aromatic amines is 1. The van der Waals surface area contributed by atoms with Gasteiger partial charge in [-0.25, -0.2) is 4.79 Å². The quantitative estimate of drug-likeness (QED) is 0.0115. The average molecular weight is 1430 g/mol. The summed E-state index contributed by atoms with van der Waals surface area (Å²) in [6, 6.07) is 4.28. The van der Waals surface area contributed by atoms with Gasteiger partial charge in [-0.15, -0.1) is 0 Å². The van der Waals surface area contributed by atoms with E-state index in [-0.39, 0.29) is 94.3 Å². The molecule has 35 heteroatoms. The predicted molar refractivity (Wildman–Crippen MR) is 369 cm³/mol. The smallest absolute Gasteiger partial charge is 0.326 e. The molecule has 1 aliphatic heterocycles. The molecule has 0 unspecified atom stereocenters. The van der Waals surface area contributed by atoms with Crippen LogP contribution >= 0.6 is 11.8 Å². The van der Waals surface area contributed by atoms with E-state index >= 15 is 0 Å². The number of phenolic OH excluding ortho intramolecular Hbond substituents is 1. The van der Waals surface area contributed by atoms with Gasteiger partial charge in [0.1, 0.15) is 66.2 Å². The molecule has 1 saturated heterocycles. The van der Waals surface area contributed by atoms with Crippen molar-refractivity contribution in [2.75, 3.05) is 38.3 Å². The number of carbonyl (C=O) groups is 13. The number of carbonyl (C=O) groups excluding carboxylic acids is 11. The number of nitrogens with two attached hydrogens (primary N) is 4. The van der Waals surface area contributed by atoms with Gasteiger partial charge in [-0.2, -0.15) is 11.8 Å². The maximum atomic E-state index is 14.4. The first-order chi connectivity index (χ1) is 48.0. The van der Waals surface area contributed by atoms with Gasteiger partial charge >= 0.3 is 11.9 Å². The molecule has 0 saturated carbocycles. The monoisotopic (exact) mass is 1430 g/mol. The minimum Gasteiger partial charge on any atom is -0.508 e. The highest BCUT2D eigenvalue weighted by molar-refractivity contribution is 7.98. The number of primary amides is 1. The number of rotatable bonds is 42. The van der Waals surface area contributed by atoms with E-state index in [9.17, 15) is 87.9 Å². The Kier molecular flexibility index (Phi) is 32.7. The first kappa shape index (κ1) is 81.3. The van der Waals surface area contributed by atoms with E-state index in [1.54, 1.807) is 56.6 Å². The largest absolute Gasteiger partial charge is 0.508 e. The standard InChI is InChI=1S/C66H92N16O18S/c1-35(2)27-49(65(99)100)79-61(95)48(31-53(68)86)78-57(91)44(21-22-54(87)88)74-60(94)47(28-36-11-5-4-6-12-36)77-58(92)45(23-26-101-3)75-62(96)50(33-83)80-63(97)52-16-10-25-82(52)64(98)51(34-84)81-56(90)43(15-9-24-71-66(69)70)73-59(93)46(29-37-17-19-39(85)20-18-37)76-55(89)41(67)30-38-32-72-42-14-8-7-13-40(38)42/h4-8,11-14,17-20,32,35,41,43-52,72,83-85H,9-10,15-16,21-31,33-34,67H2,1-3H3,(H2,68,86)(H,73,93)(H,74,94)(H,75,96)(H,76,89)(H,77,92)(H,78,91)(H,79,95)(H,80,97)(H,81,90)(H,87,88)(H,99,100)(H4,69,70,71)/t41-,43-,44-,45-,46-,47-,48-,49-,50-,51-,52-/m0/s1. The van der Waals surface area contributed by atoms with Crippen LogP contribution in [0.1, 0.15) is 88.3 Å². The molecule has 550 valence electrons. The van der Waals surface area contributed by atoms with Gasteiger partial charge in [0, 0.05) is 49.5 Å². The Morgan fingerprint density at radius 2 is 1.10 bits per heavy atom. The number of likely N-dealkylation sites (tertiary alicyclic amines) is 1. The fourth-order valence-corrected chi connectivity index (χ4v) is 11.5. The van der Waals surface area contributed by atoms with Crippen LogP contribution in [0.3, 0.4) is 0 Å². The Morgan fingerprint density at radius 3 is 1.66 bits per heavy atom. The van der Waals surface area contributed by atoms with Gasteiger partial charge in [0.15, 0.2) is 5.96 Å². The first-order valence-electron chi connectivity index (χ1n) is 32.7. The molecule has 0 spiro atoms. The number of aromatic nitrogens is 1. The van der Waals surface area contributed by atoms with Gasteiger partial charge in [0.05, 0.1) is 25.7 Å². The number of aromatic hydroxyl groups is 1. The number of aliphatic imine (C=N–C) groups is 1. The lowest BCUT2D eigenvalue weighted by Crippen LogP contribution is -2.61. The summed E-state index contributed by atoms with van der Waals surface area (Å²) in [7, 11) is 0. The molecule has 101 heavy (non-hydrogen) atoms. The van der Waals surface area contributed by atoms with Gasteiger partial charge in [-0.3, -0.25) is 62.5 Å². The number of hydrogen-bond acceptors (Lipinski definition) is 19. The van der Waals surface area contributed by atoms with Crippen molar-refractivity contribution in [2.45, 2.75) is 157 Å². The van der Waals surface area contributed by atoms with Crippen LogP contribution in [-0.4, -0.2) is 223 Å². The topological polar surface area (TPSA) is 567 Å². The van der Waals surface area contributed by atoms with Crippen molar-refractivity contribution in [1.29, 1.82) is 0 Å². The van der Waals surface area contributed by atoms with E-state index in [1.165, 1.54) is 36.0 Å². The van der Waals surface area contributed by atoms with Gasteiger partial charge in [0.25, 0.3) is 0 Å². The normalized spacial score (nSPS) is 15.6. The van der Waals surface area contributed by atoms with Crippen molar-refractivity contribution in [3.63, 3.8) is 0 Å².